The number of aliphatic hydroxyl groups is 1. The van der Waals surface area contributed by atoms with E-state index in [9.17, 15) is 9.90 Å². The Morgan fingerprint density at radius 3 is 2.89 bits per heavy atom. The highest BCUT2D eigenvalue weighted by molar-refractivity contribution is 7.12. The molecule has 19 heavy (non-hydrogen) atoms. The zero-order chi connectivity index (χ0) is 14.0. The Bertz CT molecular complexity index is 563. The lowest BCUT2D eigenvalue weighted by atomic mass is 10.1. The minimum absolute atomic E-state index is 0.110. The molecule has 0 saturated heterocycles. The van der Waals surface area contributed by atoms with Crippen molar-refractivity contribution in [1.29, 1.82) is 0 Å². The van der Waals surface area contributed by atoms with E-state index in [2.05, 4.69) is 15.5 Å². The molecular formula is C11H15N5O2S. The molecule has 0 atom stereocenters. The normalized spacial score (nSPS) is 11.6. The van der Waals surface area contributed by atoms with Crippen molar-refractivity contribution < 1.29 is 9.90 Å². The van der Waals surface area contributed by atoms with Gasteiger partial charge in [-0.05, 0) is 35.7 Å². The number of carbonyl (C=O) groups excluding carboxylic acids is 1. The van der Waals surface area contributed by atoms with Gasteiger partial charge < -0.3 is 10.0 Å². The Kier molecular flexibility index (Phi) is 3.63. The quantitative estimate of drug-likeness (QED) is 0.885. The van der Waals surface area contributed by atoms with Crippen LogP contribution in [0.2, 0.25) is 0 Å². The van der Waals surface area contributed by atoms with Gasteiger partial charge in [-0.2, -0.15) is 4.68 Å². The van der Waals surface area contributed by atoms with Gasteiger partial charge in [-0.15, -0.1) is 16.4 Å². The van der Waals surface area contributed by atoms with Crippen LogP contribution in [0.4, 0.5) is 0 Å². The van der Waals surface area contributed by atoms with Crippen LogP contribution in [0.25, 0.3) is 5.69 Å². The van der Waals surface area contributed by atoms with Gasteiger partial charge in [-0.1, -0.05) is 0 Å². The molecule has 0 fully saturated rings. The highest BCUT2D eigenvalue weighted by Crippen LogP contribution is 2.24. The number of carbonyl (C=O) groups is 1. The summed E-state index contributed by atoms with van der Waals surface area (Å²) < 4.78 is 1.45. The second-order valence-corrected chi connectivity index (χ2v) is 5.64. The molecule has 0 aliphatic rings. The van der Waals surface area contributed by atoms with Crippen molar-refractivity contribution in [1.82, 2.24) is 25.1 Å². The molecule has 2 rings (SSSR count). The van der Waals surface area contributed by atoms with Crippen LogP contribution < -0.4 is 0 Å². The molecule has 0 aromatic carbocycles. The van der Waals surface area contributed by atoms with Crippen LogP contribution in [0.1, 0.15) is 23.5 Å². The number of tetrazole rings is 1. The first-order valence-electron chi connectivity index (χ1n) is 5.67. The first kappa shape index (κ1) is 13.6. The van der Waals surface area contributed by atoms with Gasteiger partial charge in [0.15, 0.2) is 0 Å². The van der Waals surface area contributed by atoms with E-state index < -0.39 is 5.54 Å². The number of thiophene rings is 1. The Morgan fingerprint density at radius 2 is 2.32 bits per heavy atom. The van der Waals surface area contributed by atoms with Crippen LogP contribution in [-0.2, 0) is 0 Å². The zero-order valence-electron chi connectivity index (χ0n) is 10.9. The molecule has 2 aromatic heterocycles. The average Bonchev–Trinajstić information content (AvgIpc) is 3.06. The van der Waals surface area contributed by atoms with Gasteiger partial charge in [0.2, 0.25) is 0 Å². The molecule has 0 aliphatic heterocycles. The summed E-state index contributed by atoms with van der Waals surface area (Å²) in [5.74, 6) is -0.167. The maximum Gasteiger partial charge on any atom is 0.266 e. The molecule has 1 N–H and O–H groups in total. The summed E-state index contributed by atoms with van der Waals surface area (Å²) >= 11 is 1.32. The van der Waals surface area contributed by atoms with Crippen LogP contribution >= 0.6 is 11.3 Å². The molecule has 8 heteroatoms. The molecule has 0 unspecified atom stereocenters. The van der Waals surface area contributed by atoms with Crippen molar-refractivity contribution >= 4 is 17.2 Å². The molecule has 0 radical (unpaired) electrons. The SMILES string of the molecule is CN(C(=O)c1sccc1-n1cnnn1)C(C)(C)CO. The van der Waals surface area contributed by atoms with Crippen LogP contribution in [-0.4, -0.2) is 55.3 Å². The largest absolute Gasteiger partial charge is 0.394 e. The standard InChI is InChI=1S/C11H15N5O2S/c1-11(2,6-17)15(3)10(18)9-8(4-5-19-9)16-7-12-13-14-16/h4-5,7,17H,6H2,1-3H3. The Morgan fingerprint density at radius 1 is 1.58 bits per heavy atom. The van der Waals surface area contributed by atoms with Gasteiger partial charge in [0.25, 0.3) is 5.91 Å². The summed E-state index contributed by atoms with van der Waals surface area (Å²) in [5, 5.41) is 22.1. The molecule has 0 saturated carbocycles. The molecular weight excluding hydrogens is 266 g/mol. The summed E-state index contributed by atoms with van der Waals surface area (Å²) in [5.41, 5.74) is 0.0134. The fourth-order valence-electron chi connectivity index (χ4n) is 1.45. The Labute approximate surface area is 114 Å². The lowest BCUT2D eigenvalue weighted by molar-refractivity contribution is 0.0477. The third kappa shape index (κ3) is 2.49. The summed E-state index contributed by atoms with van der Waals surface area (Å²) in [6, 6.07) is 1.79. The summed E-state index contributed by atoms with van der Waals surface area (Å²) in [6.45, 7) is 3.49. The molecule has 1 amide bonds. The molecule has 0 spiro atoms. The van der Waals surface area contributed by atoms with Gasteiger partial charge >= 0.3 is 0 Å². The minimum Gasteiger partial charge on any atom is -0.394 e. The van der Waals surface area contributed by atoms with Gasteiger partial charge in [-0.3, -0.25) is 4.79 Å². The second-order valence-electron chi connectivity index (χ2n) is 4.72. The van der Waals surface area contributed by atoms with E-state index in [-0.39, 0.29) is 12.5 Å². The smallest absolute Gasteiger partial charge is 0.266 e. The summed E-state index contributed by atoms with van der Waals surface area (Å²) in [4.78, 5) is 14.5. The molecule has 2 aromatic rings. The number of amides is 1. The Balaban J connectivity index is 2.34. The third-order valence-electron chi connectivity index (χ3n) is 3.03. The van der Waals surface area contributed by atoms with Crippen molar-refractivity contribution in [2.45, 2.75) is 19.4 Å². The monoisotopic (exact) mass is 281 g/mol. The van der Waals surface area contributed by atoms with Crippen molar-refractivity contribution in [3.63, 3.8) is 0 Å². The van der Waals surface area contributed by atoms with Crippen LogP contribution in [0.3, 0.4) is 0 Å². The highest BCUT2D eigenvalue weighted by Gasteiger charge is 2.29. The molecule has 2 heterocycles. The predicted octanol–water partition coefficient (Wildman–Crippen LogP) is 0.567. The maximum atomic E-state index is 12.5. The fraction of sp³-hybridized carbons (Fsp3) is 0.455. The van der Waals surface area contributed by atoms with Crippen LogP contribution in [0.15, 0.2) is 17.8 Å². The van der Waals surface area contributed by atoms with Crippen molar-refractivity contribution in [2.24, 2.45) is 0 Å². The number of hydrogen-bond acceptors (Lipinski definition) is 6. The highest BCUT2D eigenvalue weighted by atomic mass is 32.1. The number of aliphatic hydroxyl groups excluding tert-OH is 1. The topological polar surface area (TPSA) is 84.1 Å². The van der Waals surface area contributed by atoms with Crippen LogP contribution in [0, 0.1) is 0 Å². The van der Waals surface area contributed by atoms with E-state index in [0.29, 0.717) is 10.6 Å². The first-order chi connectivity index (χ1) is 8.97. The summed E-state index contributed by atoms with van der Waals surface area (Å²) in [6.07, 6.45) is 1.44. The third-order valence-corrected chi connectivity index (χ3v) is 3.93. The molecule has 7 nitrogen and oxygen atoms in total. The predicted molar refractivity (Wildman–Crippen MR) is 70.3 cm³/mol. The minimum atomic E-state index is -0.626. The number of aromatic nitrogens is 4. The number of nitrogens with zero attached hydrogens (tertiary/aromatic N) is 5. The van der Waals surface area contributed by atoms with E-state index in [1.807, 2.05) is 5.38 Å². The number of rotatable bonds is 4. The van der Waals surface area contributed by atoms with Crippen molar-refractivity contribution in [3.05, 3.63) is 22.7 Å². The van der Waals surface area contributed by atoms with Crippen molar-refractivity contribution in [2.75, 3.05) is 13.7 Å². The second kappa shape index (κ2) is 5.06. The van der Waals surface area contributed by atoms with Gasteiger partial charge in [-0.25, -0.2) is 0 Å². The van der Waals surface area contributed by atoms with Gasteiger partial charge in [0, 0.05) is 7.05 Å². The van der Waals surface area contributed by atoms with E-state index >= 15 is 0 Å². The van der Waals surface area contributed by atoms with Gasteiger partial charge in [0.1, 0.15) is 11.2 Å². The van der Waals surface area contributed by atoms with Crippen molar-refractivity contribution in [3.8, 4) is 5.69 Å². The molecule has 102 valence electrons. The van der Waals surface area contributed by atoms with Gasteiger partial charge in [0.05, 0.1) is 17.8 Å². The van der Waals surface area contributed by atoms with E-state index in [1.54, 1.807) is 27.0 Å². The lowest BCUT2D eigenvalue weighted by Crippen LogP contribution is -2.47. The Hall–Kier alpha value is -1.80. The molecule has 0 bridgehead atoms. The van der Waals surface area contributed by atoms with E-state index in [1.165, 1.54) is 27.2 Å². The summed E-state index contributed by atoms with van der Waals surface area (Å²) in [7, 11) is 1.67. The number of likely N-dealkylation sites (N-methyl/N-ethyl adjacent to an activating group) is 1. The van der Waals surface area contributed by atoms with E-state index in [4.69, 9.17) is 0 Å². The molecule has 0 aliphatic carbocycles. The zero-order valence-corrected chi connectivity index (χ0v) is 11.8. The lowest BCUT2D eigenvalue weighted by Gasteiger charge is -2.33. The number of hydrogen-bond donors (Lipinski definition) is 1. The first-order valence-corrected chi connectivity index (χ1v) is 6.55. The average molecular weight is 281 g/mol. The van der Waals surface area contributed by atoms with Crippen LogP contribution in [0.5, 0.6) is 0 Å². The van der Waals surface area contributed by atoms with E-state index in [0.717, 1.165) is 0 Å². The maximum absolute atomic E-state index is 12.5. The fourth-order valence-corrected chi connectivity index (χ4v) is 2.30.